The summed E-state index contributed by atoms with van der Waals surface area (Å²) in [6.07, 6.45) is -3.56. The molecule has 1 heterocycles. The number of nitrogens with zero attached hydrogens (tertiary/aromatic N) is 2. The summed E-state index contributed by atoms with van der Waals surface area (Å²) in [5.74, 6) is 0.476. The zero-order chi connectivity index (χ0) is 16.0. The Bertz CT molecular complexity index is 446. The molecule has 1 rings (SSSR count). The Morgan fingerprint density at radius 2 is 1.76 bits per heavy atom. The second-order valence-corrected chi connectivity index (χ2v) is 5.24. The van der Waals surface area contributed by atoms with Crippen molar-refractivity contribution in [1.82, 2.24) is 9.88 Å². The van der Waals surface area contributed by atoms with Gasteiger partial charge >= 0.3 is 6.18 Å². The van der Waals surface area contributed by atoms with Gasteiger partial charge in [0.15, 0.2) is 0 Å². The molecule has 0 saturated carbocycles. The van der Waals surface area contributed by atoms with Crippen molar-refractivity contribution in [3.63, 3.8) is 0 Å². The van der Waals surface area contributed by atoms with E-state index in [9.17, 15) is 13.2 Å². The molecule has 0 spiro atoms. The van der Waals surface area contributed by atoms with Crippen LogP contribution in [0.15, 0.2) is 12.1 Å². The summed E-state index contributed by atoms with van der Waals surface area (Å²) in [6, 6.07) is 2.27. The fourth-order valence-corrected chi connectivity index (χ4v) is 1.56. The maximum atomic E-state index is 12.9. The van der Waals surface area contributed by atoms with E-state index >= 15 is 0 Å². The summed E-state index contributed by atoms with van der Waals surface area (Å²) in [4.78, 5) is 6.16. The molecule has 1 unspecified atom stereocenters. The molecule has 1 atom stereocenters. The lowest BCUT2D eigenvalue weighted by Gasteiger charge is -2.21. The van der Waals surface area contributed by atoms with E-state index in [1.54, 1.807) is 0 Å². The molecule has 1 aromatic heterocycles. The van der Waals surface area contributed by atoms with Crippen LogP contribution in [0, 0.1) is 0 Å². The molecule has 0 saturated heterocycles. The molecular weight excluding hydrogens is 281 g/mol. The van der Waals surface area contributed by atoms with Gasteiger partial charge in [-0.1, -0.05) is 6.92 Å². The smallest absolute Gasteiger partial charge is 0.370 e. The van der Waals surface area contributed by atoms with Crippen LogP contribution < -0.4 is 10.6 Å². The normalized spacial score (nSPS) is 13.3. The second-order valence-electron chi connectivity index (χ2n) is 5.24. The summed E-state index contributed by atoms with van der Waals surface area (Å²) >= 11 is 0. The number of nitrogens with one attached hydrogen (secondary N) is 2. The molecule has 0 aromatic carbocycles. The first-order valence-electron chi connectivity index (χ1n) is 6.97. The molecule has 21 heavy (non-hydrogen) atoms. The molecule has 1 aromatic rings. The van der Waals surface area contributed by atoms with E-state index in [4.69, 9.17) is 0 Å². The van der Waals surface area contributed by atoms with Crippen LogP contribution in [-0.2, 0) is 6.18 Å². The Kier molecular flexibility index (Phi) is 6.26. The first-order valence-corrected chi connectivity index (χ1v) is 6.97. The van der Waals surface area contributed by atoms with Crippen LogP contribution in [0.5, 0.6) is 0 Å². The first kappa shape index (κ1) is 17.6. The zero-order valence-corrected chi connectivity index (χ0v) is 12.9. The van der Waals surface area contributed by atoms with Crippen molar-refractivity contribution < 1.29 is 13.2 Å². The number of alkyl halides is 3. The molecule has 0 radical (unpaired) electrons. The number of aromatic nitrogens is 1. The third-order valence-corrected chi connectivity index (χ3v) is 3.17. The van der Waals surface area contributed by atoms with Gasteiger partial charge in [-0.25, -0.2) is 4.98 Å². The number of hydrogen-bond acceptors (Lipinski definition) is 4. The van der Waals surface area contributed by atoms with Gasteiger partial charge < -0.3 is 15.5 Å². The number of likely N-dealkylation sites (N-methyl/N-ethyl adjacent to an activating group) is 1. The fourth-order valence-electron chi connectivity index (χ4n) is 1.56. The highest BCUT2D eigenvalue weighted by molar-refractivity contribution is 5.49. The minimum Gasteiger partial charge on any atom is -0.370 e. The molecule has 0 bridgehead atoms. The predicted octanol–water partition coefficient (Wildman–Crippen LogP) is 3.28. The van der Waals surface area contributed by atoms with Crippen LogP contribution in [0.3, 0.4) is 0 Å². The topological polar surface area (TPSA) is 40.2 Å². The average molecular weight is 304 g/mol. The summed E-state index contributed by atoms with van der Waals surface area (Å²) < 4.78 is 38.7. The van der Waals surface area contributed by atoms with Gasteiger partial charge in [-0.05, 0) is 39.6 Å². The first-order chi connectivity index (χ1) is 9.74. The molecular formula is C14H23F3N4. The number of anilines is 2. The van der Waals surface area contributed by atoms with Crippen LogP contribution in [0.2, 0.25) is 0 Å². The minimum absolute atomic E-state index is 0.188. The number of rotatable bonds is 7. The quantitative estimate of drug-likeness (QED) is 0.811. The maximum absolute atomic E-state index is 12.9. The van der Waals surface area contributed by atoms with Gasteiger partial charge in [-0.15, -0.1) is 0 Å². The van der Waals surface area contributed by atoms with Gasteiger partial charge in [0.2, 0.25) is 0 Å². The van der Waals surface area contributed by atoms with E-state index in [2.05, 4.69) is 15.6 Å². The Morgan fingerprint density at radius 3 is 2.24 bits per heavy atom. The number of pyridine rings is 1. The molecule has 0 aliphatic rings. The molecule has 4 nitrogen and oxygen atoms in total. The van der Waals surface area contributed by atoms with Crippen LogP contribution in [0.4, 0.5) is 24.8 Å². The van der Waals surface area contributed by atoms with Gasteiger partial charge in [-0.2, -0.15) is 13.2 Å². The minimum atomic E-state index is -4.38. The zero-order valence-electron chi connectivity index (χ0n) is 12.9. The van der Waals surface area contributed by atoms with Crippen LogP contribution in [0.1, 0.15) is 25.8 Å². The van der Waals surface area contributed by atoms with Crippen LogP contribution in [0.25, 0.3) is 0 Å². The highest BCUT2D eigenvalue weighted by Crippen LogP contribution is 2.32. The molecule has 120 valence electrons. The Hall–Kier alpha value is -1.50. The number of halogens is 3. The number of hydrogen-bond donors (Lipinski definition) is 2. The third kappa shape index (κ3) is 5.79. The average Bonchev–Trinajstić information content (AvgIpc) is 2.41. The molecule has 2 N–H and O–H groups in total. The fraction of sp³-hybridized carbons (Fsp3) is 0.643. The van der Waals surface area contributed by atoms with E-state index in [-0.39, 0.29) is 17.7 Å². The van der Waals surface area contributed by atoms with Gasteiger partial charge in [0.1, 0.15) is 11.6 Å². The van der Waals surface area contributed by atoms with Crippen molar-refractivity contribution in [3.05, 3.63) is 17.7 Å². The van der Waals surface area contributed by atoms with E-state index < -0.39 is 11.7 Å². The van der Waals surface area contributed by atoms with Gasteiger partial charge in [-0.3, -0.25) is 0 Å². The predicted molar refractivity (Wildman–Crippen MR) is 79.7 cm³/mol. The Morgan fingerprint density at radius 1 is 1.19 bits per heavy atom. The third-order valence-electron chi connectivity index (χ3n) is 3.17. The van der Waals surface area contributed by atoms with Gasteiger partial charge in [0.05, 0.1) is 5.56 Å². The summed E-state index contributed by atoms with van der Waals surface area (Å²) in [6.45, 7) is 5.03. The molecule has 0 fully saturated rings. The molecule has 0 amide bonds. The lowest BCUT2D eigenvalue weighted by molar-refractivity contribution is -0.137. The standard InChI is InChI=1S/C14H23F3N4/c1-5-6-18-12-7-11(14(15,16)17)8-13(20-12)19-9-10(2)21(3)4/h7-8,10H,5-6,9H2,1-4H3,(H2,18,19,20). The largest absolute Gasteiger partial charge is 0.416 e. The van der Waals surface area contributed by atoms with Gasteiger partial charge in [0, 0.05) is 19.1 Å². The van der Waals surface area contributed by atoms with Crippen molar-refractivity contribution in [3.8, 4) is 0 Å². The van der Waals surface area contributed by atoms with Crippen molar-refractivity contribution in [2.45, 2.75) is 32.5 Å². The van der Waals surface area contributed by atoms with E-state index in [0.29, 0.717) is 13.1 Å². The van der Waals surface area contributed by atoms with Crippen LogP contribution in [-0.4, -0.2) is 43.1 Å². The summed E-state index contributed by atoms with van der Waals surface area (Å²) in [5, 5.41) is 5.86. The summed E-state index contributed by atoms with van der Waals surface area (Å²) in [7, 11) is 3.83. The monoisotopic (exact) mass is 304 g/mol. The summed E-state index contributed by atoms with van der Waals surface area (Å²) in [5.41, 5.74) is -0.698. The van der Waals surface area contributed by atoms with E-state index in [1.165, 1.54) is 0 Å². The van der Waals surface area contributed by atoms with Crippen LogP contribution >= 0.6 is 0 Å². The van der Waals surface area contributed by atoms with E-state index in [1.807, 2.05) is 32.8 Å². The maximum Gasteiger partial charge on any atom is 0.416 e. The lowest BCUT2D eigenvalue weighted by Crippen LogP contribution is -2.31. The highest BCUT2D eigenvalue weighted by Gasteiger charge is 2.31. The molecule has 0 aliphatic carbocycles. The SMILES string of the molecule is CCCNc1cc(C(F)(F)F)cc(NCC(C)N(C)C)n1. The molecule has 0 aliphatic heterocycles. The van der Waals surface area contributed by atoms with Crippen molar-refractivity contribution in [2.75, 3.05) is 37.8 Å². The van der Waals surface area contributed by atoms with E-state index in [0.717, 1.165) is 18.6 Å². The van der Waals surface area contributed by atoms with Crippen molar-refractivity contribution in [1.29, 1.82) is 0 Å². The van der Waals surface area contributed by atoms with Crippen molar-refractivity contribution >= 4 is 11.6 Å². The molecule has 7 heteroatoms. The lowest BCUT2D eigenvalue weighted by atomic mass is 10.2. The second kappa shape index (κ2) is 7.49. The van der Waals surface area contributed by atoms with Gasteiger partial charge in [0.25, 0.3) is 0 Å². The van der Waals surface area contributed by atoms with Crippen molar-refractivity contribution in [2.24, 2.45) is 0 Å². The Balaban J connectivity index is 2.91. The Labute approximate surface area is 123 Å². The highest BCUT2D eigenvalue weighted by atomic mass is 19.4.